The summed E-state index contributed by atoms with van der Waals surface area (Å²) < 4.78 is 6.59. The number of carbonyl (C=O) groups is 2. The van der Waals surface area contributed by atoms with Gasteiger partial charge in [-0.3, -0.25) is 14.3 Å². The van der Waals surface area contributed by atoms with Crippen LogP contribution in [-0.4, -0.2) is 62.8 Å². The lowest BCUT2D eigenvalue weighted by Crippen LogP contribution is -2.50. The Morgan fingerprint density at radius 1 is 1.14 bits per heavy atom. The summed E-state index contributed by atoms with van der Waals surface area (Å²) in [6.45, 7) is 1.90. The molecule has 2 aromatic heterocycles. The fourth-order valence-corrected chi connectivity index (χ4v) is 2.28. The molecule has 2 amide bonds. The molecule has 3 heterocycles. The predicted octanol–water partition coefficient (Wildman–Crippen LogP) is 0.00630. The molecular weight excluding hydrogens is 274 g/mol. The molecule has 0 atom stereocenters. The molecule has 0 spiro atoms. The smallest absolute Gasteiger partial charge is 0.289 e. The summed E-state index contributed by atoms with van der Waals surface area (Å²) in [6, 6.07) is 3.32. The summed E-state index contributed by atoms with van der Waals surface area (Å²) in [5, 5.41) is 7.56. The van der Waals surface area contributed by atoms with Crippen molar-refractivity contribution in [3.8, 4) is 0 Å². The van der Waals surface area contributed by atoms with Crippen LogP contribution in [0.5, 0.6) is 0 Å². The van der Waals surface area contributed by atoms with Gasteiger partial charge in [-0.1, -0.05) is 5.21 Å². The third kappa shape index (κ3) is 2.64. The first-order chi connectivity index (χ1) is 10.1. The van der Waals surface area contributed by atoms with Crippen LogP contribution in [0.1, 0.15) is 21.0 Å². The number of piperazine rings is 1. The van der Waals surface area contributed by atoms with Gasteiger partial charge in [-0.25, -0.2) is 0 Å². The second-order valence-corrected chi connectivity index (χ2v) is 4.84. The van der Waals surface area contributed by atoms with Crippen LogP contribution in [-0.2, 0) is 7.05 Å². The topological polar surface area (TPSA) is 84.5 Å². The number of carbonyl (C=O) groups excluding carboxylic acids is 2. The molecule has 0 aromatic carbocycles. The number of hydrogen-bond donors (Lipinski definition) is 0. The maximum absolute atomic E-state index is 12.2. The van der Waals surface area contributed by atoms with Gasteiger partial charge >= 0.3 is 0 Å². The third-order valence-corrected chi connectivity index (χ3v) is 3.41. The van der Waals surface area contributed by atoms with Crippen LogP contribution in [0, 0.1) is 0 Å². The minimum absolute atomic E-state index is 0.147. The zero-order valence-corrected chi connectivity index (χ0v) is 11.6. The molecule has 3 rings (SSSR count). The van der Waals surface area contributed by atoms with Gasteiger partial charge in [0.1, 0.15) is 0 Å². The van der Waals surface area contributed by atoms with Crippen molar-refractivity contribution in [3.63, 3.8) is 0 Å². The standard InChI is InChI=1S/C13H15N5O3/c1-16-9-10(14-15-16)12(19)17-4-6-18(7-5-17)13(20)11-3-2-8-21-11/h2-3,8-9H,4-7H2,1H3. The Kier molecular flexibility index (Phi) is 3.43. The van der Waals surface area contributed by atoms with Gasteiger partial charge in [-0.15, -0.1) is 5.10 Å². The van der Waals surface area contributed by atoms with Crippen molar-refractivity contribution in [3.05, 3.63) is 36.0 Å². The van der Waals surface area contributed by atoms with Gasteiger partial charge in [0.25, 0.3) is 11.8 Å². The first kappa shape index (κ1) is 13.3. The van der Waals surface area contributed by atoms with Crippen LogP contribution in [0.25, 0.3) is 0 Å². The minimum Gasteiger partial charge on any atom is -0.459 e. The van der Waals surface area contributed by atoms with E-state index in [4.69, 9.17) is 4.42 Å². The van der Waals surface area contributed by atoms with E-state index in [2.05, 4.69) is 10.3 Å². The second-order valence-electron chi connectivity index (χ2n) is 4.84. The predicted molar refractivity (Wildman–Crippen MR) is 71.5 cm³/mol. The van der Waals surface area contributed by atoms with E-state index in [1.165, 1.54) is 10.9 Å². The number of rotatable bonds is 2. The fraction of sp³-hybridized carbons (Fsp3) is 0.385. The van der Waals surface area contributed by atoms with E-state index in [-0.39, 0.29) is 11.8 Å². The average molecular weight is 289 g/mol. The van der Waals surface area contributed by atoms with E-state index in [0.717, 1.165) is 0 Å². The molecule has 0 N–H and O–H groups in total. The van der Waals surface area contributed by atoms with E-state index in [1.54, 1.807) is 35.2 Å². The molecule has 8 nitrogen and oxygen atoms in total. The molecule has 1 fully saturated rings. The van der Waals surface area contributed by atoms with Crippen molar-refractivity contribution in [2.45, 2.75) is 0 Å². The molecule has 0 saturated carbocycles. The third-order valence-electron chi connectivity index (χ3n) is 3.41. The Labute approximate surface area is 120 Å². The summed E-state index contributed by atoms with van der Waals surface area (Å²) in [6.07, 6.45) is 3.06. The number of furan rings is 1. The van der Waals surface area contributed by atoms with Gasteiger partial charge in [0.05, 0.1) is 12.5 Å². The maximum Gasteiger partial charge on any atom is 0.289 e. The van der Waals surface area contributed by atoms with E-state index in [0.29, 0.717) is 37.6 Å². The van der Waals surface area contributed by atoms with E-state index < -0.39 is 0 Å². The number of nitrogens with zero attached hydrogens (tertiary/aromatic N) is 5. The first-order valence-electron chi connectivity index (χ1n) is 6.63. The Morgan fingerprint density at radius 3 is 2.33 bits per heavy atom. The van der Waals surface area contributed by atoms with Gasteiger partial charge in [0.15, 0.2) is 11.5 Å². The Morgan fingerprint density at radius 2 is 1.81 bits per heavy atom. The van der Waals surface area contributed by atoms with Gasteiger partial charge in [0.2, 0.25) is 0 Å². The van der Waals surface area contributed by atoms with Crippen LogP contribution >= 0.6 is 0 Å². The van der Waals surface area contributed by atoms with Crippen LogP contribution in [0.3, 0.4) is 0 Å². The van der Waals surface area contributed by atoms with Gasteiger partial charge < -0.3 is 14.2 Å². The van der Waals surface area contributed by atoms with Crippen molar-refractivity contribution in [1.82, 2.24) is 24.8 Å². The number of aryl methyl sites for hydroxylation is 1. The molecule has 1 saturated heterocycles. The number of hydrogen-bond acceptors (Lipinski definition) is 5. The lowest BCUT2D eigenvalue weighted by atomic mass is 10.2. The molecule has 21 heavy (non-hydrogen) atoms. The molecule has 0 aliphatic carbocycles. The van der Waals surface area contributed by atoms with Crippen molar-refractivity contribution in [1.29, 1.82) is 0 Å². The summed E-state index contributed by atoms with van der Waals surface area (Å²) in [4.78, 5) is 27.7. The van der Waals surface area contributed by atoms with Gasteiger partial charge in [-0.05, 0) is 12.1 Å². The lowest BCUT2D eigenvalue weighted by molar-refractivity contribution is 0.0515. The highest BCUT2D eigenvalue weighted by Crippen LogP contribution is 2.11. The summed E-state index contributed by atoms with van der Waals surface area (Å²) in [5.74, 6) is 0.0171. The number of amides is 2. The highest BCUT2D eigenvalue weighted by Gasteiger charge is 2.27. The summed E-state index contributed by atoms with van der Waals surface area (Å²) in [5.41, 5.74) is 0.323. The molecule has 1 aliphatic rings. The Bertz CT molecular complexity index is 641. The molecule has 8 heteroatoms. The second kappa shape index (κ2) is 5.39. The summed E-state index contributed by atoms with van der Waals surface area (Å²) >= 11 is 0. The van der Waals surface area contributed by atoms with Crippen molar-refractivity contribution < 1.29 is 14.0 Å². The number of aromatic nitrogens is 3. The van der Waals surface area contributed by atoms with E-state index >= 15 is 0 Å². The van der Waals surface area contributed by atoms with E-state index in [9.17, 15) is 9.59 Å². The monoisotopic (exact) mass is 289 g/mol. The first-order valence-corrected chi connectivity index (χ1v) is 6.63. The highest BCUT2D eigenvalue weighted by molar-refractivity contribution is 5.93. The molecule has 2 aromatic rings. The van der Waals surface area contributed by atoms with Gasteiger partial charge in [-0.2, -0.15) is 0 Å². The average Bonchev–Trinajstić information content (AvgIpc) is 3.17. The maximum atomic E-state index is 12.2. The Hall–Kier alpha value is -2.64. The molecule has 0 bridgehead atoms. The lowest BCUT2D eigenvalue weighted by Gasteiger charge is -2.33. The summed E-state index contributed by atoms with van der Waals surface area (Å²) in [7, 11) is 1.71. The largest absolute Gasteiger partial charge is 0.459 e. The van der Waals surface area contributed by atoms with Crippen LogP contribution in [0.15, 0.2) is 29.0 Å². The molecule has 0 unspecified atom stereocenters. The van der Waals surface area contributed by atoms with Gasteiger partial charge in [0, 0.05) is 33.2 Å². The fourth-order valence-electron chi connectivity index (χ4n) is 2.28. The Balaban J connectivity index is 1.60. The zero-order valence-electron chi connectivity index (χ0n) is 11.6. The van der Waals surface area contributed by atoms with Crippen LogP contribution in [0.2, 0.25) is 0 Å². The normalized spacial score (nSPS) is 15.3. The van der Waals surface area contributed by atoms with Crippen molar-refractivity contribution in [2.75, 3.05) is 26.2 Å². The van der Waals surface area contributed by atoms with Crippen LogP contribution < -0.4 is 0 Å². The SMILES string of the molecule is Cn1cc(C(=O)N2CCN(C(=O)c3ccco3)CC2)nn1. The molecule has 110 valence electrons. The van der Waals surface area contributed by atoms with Crippen molar-refractivity contribution in [2.24, 2.45) is 7.05 Å². The quantitative estimate of drug-likeness (QED) is 0.777. The molecule has 1 aliphatic heterocycles. The molecule has 0 radical (unpaired) electrons. The zero-order chi connectivity index (χ0) is 14.8. The van der Waals surface area contributed by atoms with Crippen LogP contribution in [0.4, 0.5) is 0 Å². The van der Waals surface area contributed by atoms with E-state index in [1.807, 2.05) is 0 Å². The minimum atomic E-state index is -0.159. The van der Waals surface area contributed by atoms with Crippen molar-refractivity contribution >= 4 is 11.8 Å². The molecular formula is C13H15N5O3. The highest BCUT2D eigenvalue weighted by atomic mass is 16.3.